The molecule has 116 valence electrons. The summed E-state index contributed by atoms with van der Waals surface area (Å²) in [6.45, 7) is 7.01. The van der Waals surface area contributed by atoms with E-state index in [4.69, 9.17) is 0 Å². The molecule has 1 unspecified atom stereocenters. The normalized spacial score (nSPS) is 13.5. The van der Waals surface area contributed by atoms with E-state index in [2.05, 4.69) is 0 Å². The zero-order valence-electron chi connectivity index (χ0n) is 13.1. The summed E-state index contributed by atoms with van der Waals surface area (Å²) in [5.41, 5.74) is -0.517. The fourth-order valence-corrected chi connectivity index (χ4v) is 2.42. The molecule has 1 aromatic rings. The fourth-order valence-electron chi connectivity index (χ4n) is 2.42. The monoisotopic (exact) mass is 291 g/mol. The first-order valence-electron chi connectivity index (χ1n) is 7.52. The molecule has 0 heterocycles. The minimum atomic E-state index is -1.18. The number of nitrogens with zero attached hydrogens (tertiary/aromatic N) is 1. The molecule has 0 saturated heterocycles. The Hall–Kier alpha value is -1.84. The van der Waals surface area contributed by atoms with Gasteiger partial charge in [0.05, 0.1) is 5.41 Å². The lowest BCUT2D eigenvalue weighted by Crippen LogP contribution is -2.41. The summed E-state index contributed by atoms with van der Waals surface area (Å²) >= 11 is 0. The van der Waals surface area contributed by atoms with Crippen molar-refractivity contribution in [3.63, 3.8) is 0 Å². The zero-order valence-corrected chi connectivity index (χ0v) is 13.1. The number of carboxylic acid groups (broad SMARTS) is 1. The van der Waals surface area contributed by atoms with Crippen molar-refractivity contribution in [3.05, 3.63) is 35.9 Å². The smallest absolute Gasteiger partial charge is 0.314 e. The summed E-state index contributed by atoms with van der Waals surface area (Å²) < 4.78 is 0. The largest absolute Gasteiger partial charge is 0.481 e. The first-order chi connectivity index (χ1) is 9.95. The Morgan fingerprint density at radius 3 is 2.05 bits per heavy atom. The van der Waals surface area contributed by atoms with Gasteiger partial charge in [-0.05, 0) is 25.3 Å². The van der Waals surface area contributed by atoms with E-state index in [0.717, 1.165) is 12.8 Å². The Morgan fingerprint density at radius 1 is 1.10 bits per heavy atom. The summed E-state index contributed by atoms with van der Waals surface area (Å²) in [6, 6.07) is 8.98. The van der Waals surface area contributed by atoms with Crippen LogP contribution in [-0.4, -0.2) is 35.0 Å². The second kappa shape index (κ2) is 7.81. The molecule has 21 heavy (non-hydrogen) atoms. The van der Waals surface area contributed by atoms with Gasteiger partial charge in [-0.25, -0.2) is 0 Å². The number of carbonyl (C=O) groups excluding carboxylic acids is 1. The molecular formula is C17H25NO3. The van der Waals surface area contributed by atoms with Gasteiger partial charge in [0.2, 0.25) is 5.91 Å². The minimum absolute atomic E-state index is 0.00759. The number of benzene rings is 1. The molecule has 0 bridgehead atoms. The van der Waals surface area contributed by atoms with Crippen molar-refractivity contribution in [1.82, 2.24) is 4.90 Å². The van der Waals surface area contributed by atoms with Crippen LogP contribution in [0.1, 0.15) is 45.6 Å². The van der Waals surface area contributed by atoms with Gasteiger partial charge in [-0.2, -0.15) is 0 Å². The number of carboxylic acids is 1. The molecule has 0 radical (unpaired) electrons. The van der Waals surface area contributed by atoms with E-state index in [1.165, 1.54) is 0 Å². The summed E-state index contributed by atoms with van der Waals surface area (Å²) in [4.78, 5) is 26.0. The van der Waals surface area contributed by atoms with E-state index >= 15 is 0 Å². The maximum Gasteiger partial charge on any atom is 0.314 e. The van der Waals surface area contributed by atoms with Crippen LogP contribution < -0.4 is 0 Å². The van der Waals surface area contributed by atoms with Gasteiger partial charge < -0.3 is 10.0 Å². The third kappa shape index (κ3) is 4.31. The van der Waals surface area contributed by atoms with Gasteiger partial charge in [0.1, 0.15) is 0 Å². The molecule has 0 aliphatic heterocycles. The molecule has 0 saturated carbocycles. The van der Waals surface area contributed by atoms with Gasteiger partial charge in [0.15, 0.2) is 0 Å². The number of aliphatic carboxylic acids is 1. The Kier molecular flexibility index (Phi) is 6.40. The molecule has 4 nitrogen and oxygen atoms in total. The van der Waals surface area contributed by atoms with Crippen molar-refractivity contribution < 1.29 is 14.7 Å². The second-order valence-corrected chi connectivity index (χ2v) is 5.56. The van der Waals surface area contributed by atoms with Crippen molar-refractivity contribution in [3.8, 4) is 0 Å². The Balaban J connectivity index is 2.97. The van der Waals surface area contributed by atoms with Gasteiger partial charge >= 0.3 is 5.97 Å². The van der Waals surface area contributed by atoms with E-state index in [-0.39, 0.29) is 12.3 Å². The van der Waals surface area contributed by atoms with E-state index < -0.39 is 11.4 Å². The molecule has 0 aliphatic rings. The van der Waals surface area contributed by atoms with Crippen molar-refractivity contribution in [1.29, 1.82) is 0 Å². The predicted octanol–water partition coefficient (Wildman–Crippen LogP) is 3.07. The average molecular weight is 291 g/mol. The topological polar surface area (TPSA) is 57.6 Å². The third-order valence-corrected chi connectivity index (χ3v) is 3.73. The zero-order chi connectivity index (χ0) is 15.9. The highest BCUT2D eigenvalue weighted by Gasteiger charge is 2.38. The summed E-state index contributed by atoms with van der Waals surface area (Å²) in [5.74, 6) is -1.05. The second-order valence-electron chi connectivity index (χ2n) is 5.56. The van der Waals surface area contributed by atoms with Crippen LogP contribution >= 0.6 is 0 Å². The molecular weight excluding hydrogens is 266 g/mol. The van der Waals surface area contributed by atoms with Crippen molar-refractivity contribution in [2.45, 2.75) is 45.4 Å². The molecule has 1 aromatic carbocycles. The molecule has 1 atom stereocenters. The first-order valence-corrected chi connectivity index (χ1v) is 7.52. The number of carbonyl (C=O) groups is 2. The lowest BCUT2D eigenvalue weighted by atomic mass is 9.79. The number of hydrogen-bond acceptors (Lipinski definition) is 2. The maximum atomic E-state index is 12.5. The molecule has 0 aliphatic carbocycles. The average Bonchev–Trinajstić information content (AvgIpc) is 2.47. The van der Waals surface area contributed by atoms with Crippen molar-refractivity contribution >= 4 is 11.9 Å². The van der Waals surface area contributed by atoms with E-state index in [9.17, 15) is 14.7 Å². The molecule has 4 heteroatoms. The van der Waals surface area contributed by atoms with Gasteiger partial charge in [-0.3, -0.25) is 9.59 Å². The van der Waals surface area contributed by atoms with Crippen molar-refractivity contribution in [2.75, 3.05) is 13.1 Å². The molecule has 0 aromatic heterocycles. The lowest BCUT2D eigenvalue weighted by Gasteiger charge is -2.29. The highest BCUT2D eigenvalue weighted by atomic mass is 16.4. The van der Waals surface area contributed by atoms with Crippen LogP contribution in [0.3, 0.4) is 0 Å². The van der Waals surface area contributed by atoms with Crippen LogP contribution in [0.25, 0.3) is 0 Å². The van der Waals surface area contributed by atoms with Crippen LogP contribution in [-0.2, 0) is 15.0 Å². The van der Waals surface area contributed by atoms with Crippen LogP contribution in [0.2, 0.25) is 0 Å². The van der Waals surface area contributed by atoms with Gasteiger partial charge in [-0.15, -0.1) is 0 Å². The molecule has 0 spiro atoms. The summed E-state index contributed by atoms with van der Waals surface area (Å²) in [7, 11) is 0. The highest BCUT2D eigenvalue weighted by molar-refractivity contribution is 5.89. The molecule has 1 amide bonds. The van der Waals surface area contributed by atoms with Crippen LogP contribution in [0, 0.1) is 0 Å². The SMILES string of the molecule is CCCN(CCC)C(=O)CC(C)(C(=O)O)c1ccccc1. The summed E-state index contributed by atoms with van der Waals surface area (Å²) in [6.07, 6.45) is 1.74. The van der Waals surface area contributed by atoms with E-state index in [1.54, 1.807) is 36.1 Å². The van der Waals surface area contributed by atoms with Crippen LogP contribution in [0.5, 0.6) is 0 Å². The highest BCUT2D eigenvalue weighted by Crippen LogP contribution is 2.29. The van der Waals surface area contributed by atoms with E-state index in [0.29, 0.717) is 18.7 Å². The van der Waals surface area contributed by atoms with Crippen LogP contribution in [0.4, 0.5) is 0 Å². The quantitative estimate of drug-likeness (QED) is 0.801. The molecule has 1 rings (SSSR count). The Labute approximate surface area is 126 Å². The fraction of sp³-hybridized carbons (Fsp3) is 0.529. The number of amides is 1. The number of rotatable bonds is 8. The standard InChI is InChI=1S/C17H25NO3/c1-4-11-18(12-5-2)15(19)13-17(3,16(20)21)14-9-7-6-8-10-14/h6-10H,4-5,11-13H2,1-3H3,(H,20,21). The molecule has 1 N–H and O–H groups in total. The molecule has 0 fully saturated rings. The van der Waals surface area contributed by atoms with Gasteiger partial charge in [-0.1, -0.05) is 44.2 Å². The Morgan fingerprint density at radius 2 is 1.62 bits per heavy atom. The number of hydrogen-bond donors (Lipinski definition) is 1. The third-order valence-electron chi connectivity index (χ3n) is 3.73. The minimum Gasteiger partial charge on any atom is -0.481 e. The van der Waals surface area contributed by atoms with Crippen molar-refractivity contribution in [2.24, 2.45) is 0 Å². The summed E-state index contributed by atoms with van der Waals surface area (Å²) in [5, 5.41) is 9.61. The van der Waals surface area contributed by atoms with Gasteiger partial charge in [0.25, 0.3) is 0 Å². The van der Waals surface area contributed by atoms with E-state index in [1.807, 2.05) is 19.9 Å². The Bertz CT molecular complexity index is 466. The first kappa shape index (κ1) is 17.2. The predicted molar refractivity (Wildman–Crippen MR) is 83.2 cm³/mol. The lowest BCUT2D eigenvalue weighted by molar-refractivity contribution is -0.147. The van der Waals surface area contributed by atoms with Gasteiger partial charge in [0, 0.05) is 19.5 Å². The van der Waals surface area contributed by atoms with Crippen LogP contribution in [0.15, 0.2) is 30.3 Å². The maximum absolute atomic E-state index is 12.5.